The van der Waals surface area contributed by atoms with Crippen molar-refractivity contribution >= 4 is 26.9 Å². The summed E-state index contributed by atoms with van der Waals surface area (Å²) in [5, 5.41) is 10.2. The molecule has 0 aliphatic rings. The SMILES string of the molecule is NCCc1c[nH]c2ccc(OCCCCNS(=O)(=O)c3ccccc3C(=O)O)cc12. The maximum atomic E-state index is 12.4. The summed E-state index contributed by atoms with van der Waals surface area (Å²) in [4.78, 5) is 14.2. The van der Waals surface area contributed by atoms with E-state index in [4.69, 9.17) is 15.6 Å². The minimum Gasteiger partial charge on any atom is -0.494 e. The molecule has 30 heavy (non-hydrogen) atoms. The van der Waals surface area contributed by atoms with Crippen LogP contribution in [0.4, 0.5) is 0 Å². The summed E-state index contributed by atoms with van der Waals surface area (Å²) >= 11 is 0. The van der Waals surface area contributed by atoms with Gasteiger partial charge in [-0.25, -0.2) is 17.9 Å². The fraction of sp³-hybridized carbons (Fsp3) is 0.286. The maximum absolute atomic E-state index is 12.4. The monoisotopic (exact) mass is 431 g/mol. The van der Waals surface area contributed by atoms with Gasteiger partial charge in [0.05, 0.1) is 17.1 Å². The van der Waals surface area contributed by atoms with E-state index in [0.717, 1.165) is 28.6 Å². The standard InChI is InChI=1S/C21H25N3O5S/c22-10-9-15-14-23-19-8-7-16(13-18(15)19)29-12-4-3-11-24-30(27,28)20-6-2-1-5-17(20)21(25)26/h1-2,5-8,13-14,23-24H,3-4,9-12,22H2,(H,25,26). The van der Waals surface area contributed by atoms with Gasteiger partial charge in [-0.3, -0.25) is 0 Å². The topological polar surface area (TPSA) is 135 Å². The van der Waals surface area contributed by atoms with Gasteiger partial charge in [0, 0.05) is 23.6 Å². The van der Waals surface area contributed by atoms with Crippen LogP contribution in [0.2, 0.25) is 0 Å². The molecule has 0 saturated carbocycles. The molecule has 0 aliphatic heterocycles. The van der Waals surface area contributed by atoms with Crippen molar-refractivity contribution < 1.29 is 23.1 Å². The Hall–Kier alpha value is -2.88. The number of aromatic nitrogens is 1. The highest BCUT2D eigenvalue weighted by Crippen LogP contribution is 2.24. The Kier molecular flexibility index (Phi) is 7.09. The lowest BCUT2D eigenvalue weighted by molar-refractivity contribution is 0.0692. The van der Waals surface area contributed by atoms with Crippen molar-refractivity contribution in [3.8, 4) is 5.75 Å². The maximum Gasteiger partial charge on any atom is 0.337 e. The van der Waals surface area contributed by atoms with Gasteiger partial charge in [0.25, 0.3) is 0 Å². The average Bonchev–Trinajstić information content (AvgIpc) is 3.13. The molecule has 0 spiro atoms. The molecule has 160 valence electrons. The summed E-state index contributed by atoms with van der Waals surface area (Å²) in [6.45, 7) is 1.21. The van der Waals surface area contributed by atoms with E-state index in [2.05, 4.69) is 9.71 Å². The van der Waals surface area contributed by atoms with Gasteiger partial charge in [0.1, 0.15) is 5.75 Å². The van der Waals surface area contributed by atoms with Gasteiger partial charge < -0.3 is 20.6 Å². The number of hydrogen-bond acceptors (Lipinski definition) is 5. The molecule has 0 amide bonds. The highest BCUT2D eigenvalue weighted by atomic mass is 32.2. The molecule has 0 unspecified atom stereocenters. The molecule has 0 aliphatic carbocycles. The van der Waals surface area contributed by atoms with E-state index in [1.165, 1.54) is 24.3 Å². The van der Waals surface area contributed by atoms with Crippen molar-refractivity contribution in [2.75, 3.05) is 19.7 Å². The number of nitrogens with two attached hydrogens (primary N) is 1. The molecule has 5 N–H and O–H groups in total. The molecule has 2 aromatic carbocycles. The number of unbranched alkanes of at least 4 members (excludes halogenated alkanes) is 1. The molecule has 0 atom stereocenters. The van der Waals surface area contributed by atoms with E-state index in [1.54, 1.807) is 0 Å². The normalized spacial score (nSPS) is 11.6. The van der Waals surface area contributed by atoms with Gasteiger partial charge in [-0.15, -0.1) is 0 Å². The van der Waals surface area contributed by atoms with Crippen LogP contribution in [0.1, 0.15) is 28.8 Å². The lowest BCUT2D eigenvalue weighted by Crippen LogP contribution is -2.26. The smallest absolute Gasteiger partial charge is 0.337 e. The van der Waals surface area contributed by atoms with Crippen molar-refractivity contribution in [2.45, 2.75) is 24.2 Å². The number of hydrogen-bond donors (Lipinski definition) is 4. The summed E-state index contributed by atoms with van der Waals surface area (Å²) in [5.41, 5.74) is 7.57. The number of fused-ring (bicyclic) bond motifs is 1. The molecule has 0 bridgehead atoms. The van der Waals surface area contributed by atoms with Crippen LogP contribution in [-0.4, -0.2) is 44.2 Å². The number of nitrogens with one attached hydrogen (secondary N) is 2. The van der Waals surface area contributed by atoms with Crippen LogP contribution in [0.3, 0.4) is 0 Å². The first-order valence-electron chi connectivity index (χ1n) is 9.67. The second kappa shape index (κ2) is 9.75. The Balaban J connectivity index is 1.48. The van der Waals surface area contributed by atoms with Crippen molar-refractivity contribution in [2.24, 2.45) is 5.73 Å². The Morgan fingerprint density at radius 3 is 2.73 bits per heavy atom. The van der Waals surface area contributed by atoms with Crippen LogP contribution in [0.15, 0.2) is 53.6 Å². The largest absolute Gasteiger partial charge is 0.494 e. The van der Waals surface area contributed by atoms with Gasteiger partial charge in [-0.05, 0) is 61.7 Å². The zero-order valence-corrected chi connectivity index (χ0v) is 17.2. The Morgan fingerprint density at radius 2 is 1.97 bits per heavy atom. The summed E-state index contributed by atoms with van der Waals surface area (Å²) in [5.74, 6) is -0.533. The van der Waals surface area contributed by atoms with Gasteiger partial charge in [0.2, 0.25) is 10.0 Å². The molecule has 3 aromatic rings. The third kappa shape index (κ3) is 5.18. The number of carbonyl (C=O) groups is 1. The number of rotatable bonds is 11. The third-order valence-corrected chi connectivity index (χ3v) is 6.21. The summed E-state index contributed by atoms with van der Waals surface area (Å²) in [6.07, 6.45) is 3.94. The Bertz CT molecular complexity index is 1120. The van der Waals surface area contributed by atoms with Crippen molar-refractivity contribution in [1.82, 2.24) is 9.71 Å². The van der Waals surface area contributed by atoms with Crippen LogP contribution in [-0.2, 0) is 16.4 Å². The first-order valence-corrected chi connectivity index (χ1v) is 11.2. The average molecular weight is 432 g/mol. The second-order valence-corrected chi connectivity index (χ2v) is 8.55. The first kappa shape index (κ1) is 21.8. The predicted octanol–water partition coefficient (Wildman–Crippen LogP) is 2.50. The molecule has 8 nitrogen and oxygen atoms in total. The zero-order chi connectivity index (χ0) is 21.6. The third-order valence-electron chi connectivity index (χ3n) is 4.69. The van der Waals surface area contributed by atoms with Crippen LogP contribution in [0.25, 0.3) is 10.9 Å². The van der Waals surface area contributed by atoms with Crippen LogP contribution in [0, 0.1) is 0 Å². The Morgan fingerprint density at radius 1 is 1.17 bits per heavy atom. The van der Waals surface area contributed by atoms with Crippen LogP contribution in [0.5, 0.6) is 5.75 Å². The minimum absolute atomic E-state index is 0.192. The highest BCUT2D eigenvalue weighted by molar-refractivity contribution is 7.89. The number of sulfonamides is 1. The van der Waals surface area contributed by atoms with Gasteiger partial charge in [-0.2, -0.15) is 0 Å². The van der Waals surface area contributed by atoms with Crippen molar-refractivity contribution in [1.29, 1.82) is 0 Å². The van der Waals surface area contributed by atoms with Gasteiger partial charge in [-0.1, -0.05) is 12.1 Å². The van der Waals surface area contributed by atoms with E-state index in [1.807, 2.05) is 24.4 Å². The number of ether oxygens (including phenoxy) is 1. The molecule has 0 fully saturated rings. The minimum atomic E-state index is -3.89. The van der Waals surface area contributed by atoms with Gasteiger partial charge in [0.15, 0.2) is 0 Å². The summed E-state index contributed by atoms with van der Waals surface area (Å²) < 4.78 is 33.0. The molecule has 0 radical (unpaired) electrons. The molecule has 1 heterocycles. The molecular formula is C21H25N3O5S. The molecular weight excluding hydrogens is 406 g/mol. The fourth-order valence-electron chi connectivity index (χ4n) is 3.19. The predicted molar refractivity (Wildman–Crippen MR) is 114 cm³/mol. The van der Waals surface area contributed by atoms with Crippen molar-refractivity contribution in [3.05, 3.63) is 59.8 Å². The number of aromatic carboxylic acids is 1. The quantitative estimate of drug-likeness (QED) is 0.345. The number of H-pyrrole nitrogens is 1. The van der Waals surface area contributed by atoms with E-state index in [-0.39, 0.29) is 17.0 Å². The fourth-order valence-corrected chi connectivity index (χ4v) is 4.46. The molecule has 3 rings (SSSR count). The number of aromatic amines is 1. The highest BCUT2D eigenvalue weighted by Gasteiger charge is 2.21. The van der Waals surface area contributed by atoms with Crippen molar-refractivity contribution in [3.63, 3.8) is 0 Å². The Labute approximate surface area is 175 Å². The van der Waals surface area contributed by atoms with Crippen LogP contribution >= 0.6 is 0 Å². The first-order chi connectivity index (χ1) is 14.4. The lowest BCUT2D eigenvalue weighted by atomic mass is 10.1. The van der Waals surface area contributed by atoms with E-state index in [9.17, 15) is 13.2 Å². The number of carboxylic acid groups (broad SMARTS) is 1. The molecule has 1 aromatic heterocycles. The summed E-state index contributed by atoms with van der Waals surface area (Å²) in [6, 6.07) is 11.4. The molecule has 0 saturated heterocycles. The van der Waals surface area contributed by atoms with E-state index >= 15 is 0 Å². The van der Waals surface area contributed by atoms with Crippen LogP contribution < -0.4 is 15.2 Å². The van der Waals surface area contributed by atoms with E-state index in [0.29, 0.717) is 26.0 Å². The number of benzene rings is 2. The number of carboxylic acids is 1. The zero-order valence-electron chi connectivity index (χ0n) is 16.4. The van der Waals surface area contributed by atoms with E-state index < -0.39 is 16.0 Å². The van der Waals surface area contributed by atoms with Gasteiger partial charge >= 0.3 is 5.97 Å². The summed E-state index contributed by atoms with van der Waals surface area (Å²) in [7, 11) is -3.89. The lowest BCUT2D eigenvalue weighted by Gasteiger charge is -2.10. The molecule has 9 heteroatoms. The second-order valence-electron chi connectivity index (χ2n) is 6.81.